The molecule has 6 rings (SSSR count). The molecule has 11 heteroatoms. The Labute approximate surface area is 246 Å². The molecule has 0 saturated heterocycles. The third-order valence-electron chi connectivity index (χ3n) is 7.14. The van der Waals surface area contributed by atoms with Crippen LogP contribution in [0.15, 0.2) is 79.3 Å². The van der Waals surface area contributed by atoms with Crippen LogP contribution >= 0.6 is 0 Å². The Balaban J connectivity index is 1.25. The van der Waals surface area contributed by atoms with Crippen molar-refractivity contribution < 1.29 is 24.2 Å². The topological polar surface area (TPSA) is 150 Å². The lowest BCUT2D eigenvalue weighted by molar-refractivity contribution is -0.115. The Kier molecular flexibility index (Phi) is 7.54. The molecule has 3 aromatic carbocycles. The van der Waals surface area contributed by atoms with Crippen LogP contribution in [0.1, 0.15) is 39.6 Å². The number of aliphatic hydroxyl groups excluding tert-OH is 1. The molecular formula is C32H28N6O5. The van der Waals surface area contributed by atoms with Gasteiger partial charge in [0.25, 0.3) is 11.8 Å². The largest absolute Gasteiger partial charge is 0.489 e. The summed E-state index contributed by atoms with van der Waals surface area (Å²) in [5, 5.41) is 16.2. The Morgan fingerprint density at radius 3 is 2.42 bits per heavy atom. The highest BCUT2D eigenvalue weighted by Gasteiger charge is 2.34. The summed E-state index contributed by atoms with van der Waals surface area (Å²) < 4.78 is 5.62. The van der Waals surface area contributed by atoms with Gasteiger partial charge >= 0.3 is 0 Å². The van der Waals surface area contributed by atoms with Gasteiger partial charge in [-0.05, 0) is 47.5 Å². The van der Waals surface area contributed by atoms with Crippen LogP contribution < -0.4 is 15.4 Å². The van der Waals surface area contributed by atoms with E-state index in [2.05, 4.69) is 25.6 Å². The number of ether oxygens (including phenoxy) is 1. The SMILES string of the molecule is CCC(=O)Nc1cc(-c2c[nH]c3ncnc(Nc4ccc(CN5C(=O)c6ccccc6C5=O)cc4)c23)ccc1OCCO. The molecular weight excluding hydrogens is 548 g/mol. The highest BCUT2D eigenvalue weighted by Crippen LogP contribution is 2.37. The van der Waals surface area contributed by atoms with Gasteiger partial charge in [-0.25, -0.2) is 9.97 Å². The van der Waals surface area contributed by atoms with E-state index in [9.17, 15) is 19.5 Å². The van der Waals surface area contributed by atoms with E-state index in [1.807, 2.05) is 42.6 Å². The van der Waals surface area contributed by atoms with Gasteiger partial charge in [-0.2, -0.15) is 0 Å². The van der Waals surface area contributed by atoms with Crippen molar-refractivity contribution in [2.45, 2.75) is 19.9 Å². The first-order chi connectivity index (χ1) is 21.0. The number of hydrogen-bond acceptors (Lipinski definition) is 8. The molecule has 0 bridgehead atoms. The molecule has 1 aliphatic rings. The van der Waals surface area contributed by atoms with Gasteiger partial charge in [0, 0.05) is 23.9 Å². The lowest BCUT2D eigenvalue weighted by Crippen LogP contribution is -2.29. The summed E-state index contributed by atoms with van der Waals surface area (Å²) in [5.74, 6) is 0.264. The van der Waals surface area contributed by atoms with Gasteiger partial charge in [-0.1, -0.05) is 37.3 Å². The second-order valence-corrected chi connectivity index (χ2v) is 9.90. The normalized spacial score (nSPS) is 12.5. The summed E-state index contributed by atoms with van der Waals surface area (Å²) in [6, 6.07) is 19.7. The highest BCUT2D eigenvalue weighted by atomic mass is 16.5. The van der Waals surface area contributed by atoms with E-state index in [0.717, 1.165) is 27.8 Å². The fourth-order valence-electron chi connectivity index (χ4n) is 5.00. The average Bonchev–Trinajstić information content (AvgIpc) is 3.57. The summed E-state index contributed by atoms with van der Waals surface area (Å²) >= 11 is 0. The second kappa shape index (κ2) is 11.7. The zero-order valence-corrected chi connectivity index (χ0v) is 23.3. The lowest BCUT2D eigenvalue weighted by Gasteiger charge is -2.15. The molecule has 2 aromatic heterocycles. The Hall–Kier alpha value is -5.55. The van der Waals surface area contributed by atoms with Gasteiger partial charge in [0.05, 0.1) is 35.4 Å². The van der Waals surface area contributed by atoms with Crippen molar-refractivity contribution in [2.75, 3.05) is 23.8 Å². The molecule has 5 aromatic rings. The predicted molar refractivity (Wildman–Crippen MR) is 161 cm³/mol. The van der Waals surface area contributed by atoms with Crippen LogP contribution in [0.2, 0.25) is 0 Å². The molecule has 4 N–H and O–H groups in total. The molecule has 43 heavy (non-hydrogen) atoms. The van der Waals surface area contributed by atoms with Crippen molar-refractivity contribution >= 4 is 45.9 Å². The lowest BCUT2D eigenvalue weighted by atomic mass is 10.0. The predicted octanol–water partition coefficient (Wildman–Crippen LogP) is 4.88. The van der Waals surface area contributed by atoms with Crippen LogP contribution in [0, 0.1) is 0 Å². The van der Waals surface area contributed by atoms with Gasteiger partial charge < -0.3 is 25.5 Å². The number of nitrogens with one attached hydrogen (secondary N) is 3. The molecule has 3 amide bonds. The van der Waals surface area contributed by atoms with Crippen molar-refractivity contribution in [3.05, 3.63) is 95.9 Å². The fourth-order valence-corrected chi connectivity index (χ4v) is 5.00. The third kappa shape index (κ3) is 5.41. The van der Waals surface area contributed by atoms with E-state index >= 15 is 0 Å². The number of anilines is 3. The summed E-state index contributed by atoms with van der Waals surface area (Å²) in [6.07, 6.45) is 3.58. The minimum Gasteiger partial charge on any atom is -0.489 e. The number of fused-ring (bicyclic) bond motifs is 2. The summed E-state index contributed by atoms with van der Waals surface area (Å²) in [4.78, 5) is 51.0. The van der Waals surface area contributed by atoms with Gasteiger partial charge in [-0.15, -0.1) is 0 Å². The molecule has 0 aliphatic carbocycles. The van der Waals surface area contributed by atoms with E-state index in [1.54, 1.807) is 37.3 Å². The Morgan fingerprint density at radius 1 is 0.977 bits per heavy atom. The quantitative estimate of drug-likeness (QED) is 0.172. The number of carbonyl (C=O) groups is 3. The van der Waals surface area contributed by atoms with Gasteiger partial charge in [0.15, 0.2) is 0 Å². The standard InChI is InChI=1S/C32H28N6O5/c1-2-27(40)37-25-15-20(9-12-26(25)43-14-13-39)24-16-33-29-28(24)30(35-18-34-29)36-21-10-7-19(8-11-21)17-38-31(41)22-5-3-4-6-23(22)32(38)42/h3-12,15-16,18,39H,2,13-14,17H2,1H3,(H,37,40)(H2,33,34,35,36). The summed E-state index contributed by atoms with van der Waals surface area (Å²) in [7, 11) is 0. The molecule has 0 atom stereocenters. The molecule has 3 heterocycles. The zero-order chi connectivity index (χ0) is 29.9. The van der Waals surface area contributed by atoms with E-state index in [0.29, 0.717) is 40.4 Å². The Bertz CT molecular complexity index is 1810. The van der Waals surface area contributed by atoms with Gasteiger partial charge in [0.2, 0.25) is 5.91 Å². The third-order valence-corrected chi connectivity index (χ3v) is 7.14. The number of imide groups is 1. The molecule has 0 saturated carbocycles. The zero-order valence-electron chi connectivity index (χ0n) is 23.3. The molecule has 0 radical (unpaired) electrons. The first-order valence-electron chi connectivity index (χ1n) is 13.8. The van der Waals surface area contributed by atoms with Crippen LogP contribution in [-0.2, 0) is 11.3 Å². The number of benzene rings is 3. The van der Waals surface area contributed by atoms with Crippen LogP contribution in [0.5, 0.6) is 5.75 Å². The van der Waals surface area contributed by atoms with Crippen molar-refractivity contribution in [1.29, 1.82) is 0 Å². The molecule has 11 nitrogen and oxygen atoms in total. The number of aromatic amines is 1. The maximum atomic E-state index is 12.8. The first kappa shape index (κ1) is 27.6. The van der Waals surface area contributed by atoms with Crippen LogP contribution in [0.25, 0.3) is 22.2 Å². The maximum absolute atomic E-state index is 12.8. The molecule has 1 aliphatic heterocycles. The fraction of sp³-hybridized carbons (Fsp3) is 0.156. The highest BCUT2D eigenvalue weighted by molar-refractivity contribution is 6.21. The van der Waals surface area contributed by atoms with Gasteiger partial charge in [0.1, 0.15) is 30.1 Å². The maximum Gasteiger partial charge on any atom is 0.261 e. The number of nitrogens with zero attached hydrogens (tertiary/aromatic N) is 3. The molecule has 216 valence electrons. The van der Waals surface area contributed by atoms with Crippen molar-refractivity contribution in [3.8, 4) is 16.9 Å². The van der Waals surface area contributed by atoms with Crippen molar-refractivity contribution in [1.82, 2.24) is 19.9 Å². The number of rotatable bonds is 10. The Morgan fingerprint density at radius 2 is 1.72 bits per heavy atom. The van der Waals surface area contributed by atoms with E-state index in [1.165, 1.54) is 11.2 Å². The first-order valence-corrected chi connectivity index (χ1v) is 13.8. The summed E-state index contributed by atoms with van der Waals surface area (Å²) in [5.41, 5.74) is 5.12. The monoisotopic (exact) mass is 576 g/mol. The number of aliphatic hydroxyl groups is 1. The minimum absolute atomic E-state index is 0.0976. The van der Waals surface area contributed by atoms with Crippen LogP contribution in [0.3, 0.4) is 0 Å². The van der Waals surface area contributed by atoms with Crippen LogP contribution in [0.4, 0.5) is 17.2 Å². The minimum atomic E-state index is -0.295. The molecule has 0 unspecified atom stereocenters. The van der Waals surface area contributed by atoms with E-state index < -0.39 is 0 Å². The van der Waals surface area contributed by atoms with Gasteiger partial charge in [-0.3, -0.25) is 19.3 Å². The van der Waals surface area contributed by atoms with Crippen molar-refractivity contribution in [3.63, 3.8) is 0 Å². The van der Waals surface area contributed by atoms with Crippen LogP contribution in [-0.4, -0.2) is 55.9 Å². The molecule has 0 fully saturated rings. The summed E-state index contributed by atoms with van der Waals surface area (Å²) in [6.45, 7) is 1.88. The van der Waals surface area contributed by atoms with E-state index in [4.69, 9.17) is 4.74 Å². The number of H-pyrrole nitrogens is 1. The molecule has 0 spiro atoms. The smallest absolute Gasteiger partial charge is 0.261 e. The van der Waals surface area contributed by atoms with Crippen molar-refractivity contribution in [2.24, 2.45) is 0 Å². The van der Waals surface area contributed by atoms with E-state index in [-0.39, 0.29) is 37.5 Å². The number of hydrogen-bond donors (Lipinski definition) is 4. The average molecular weight is 577 g/mol. The second-order valence-electron chi connectivity index (χ2n) is 9.90. The number of carbonyl (C=O) groups excluding carboxylic acids is 3. The number of aromatic nitrogens is 3. The number of amides is 3.